The molecule has 0 saturated carbocycles. The summed E-state index contributed by atoms with van der Waals surface area (Å²) in [7, 11) is 0. The Bertz CT molecular complexity index is 7520. The molecule has 14 aromatic carbocycles. The molecule has 18 aromatic rings. The Kier molecular flexibility index (Phi) is 24.7. The van der Waals surface area contributed by atoms with Gasteiger partial charge < -0.3 is 10.2 Å². The summed E-state index contributed by atoms with van der Waals surface area (Å²) in [4.78, 5) is 20.8. The molecule has 4 heterocycles. The molecule has 0 fully saturated rings. The van der Waals surface area contributed by atoms with E-state index in [2.05, 4.69) is 262 Å². The quantitative estimate of drug-likeness (QED) is 0.0881. The maximum atomic E-state index is 12.1. The molecule has 10 heteroatoms. The van der Waals surface area contributed by atoms with E-state index in [4.69, 9.17) is 28.2 Å². The van der Waals surface area contributed by atoms with Gasteiger partial charge in [-0.3, -0.25) is 19.1 Å². The predicted octanol–water partition coefficient (Wildman–Crippen LogP) is 32.3. The van der Waals surface area contributed by atoms with E-state index in [1.165, 1.54) is 16.7 Å². The largest absolute Gasteiger partial charge is 0.507 e. The number of aromatic hydroxyl groups is 2. The fraction of sp³-hybridized carbons (Fsp3) is 0.207. The fourth-order valence-electron chi connectivity index (χ4n) is 17.2. The standard InChI is InChI=1S/C63H62N3O.C58H52N3O.2Pt/c1-38(2)43-20-22-45(23-21-43)47-26-27-64-57(36-47)53-34-50(44-16-13-12-14-17-44)33-52(35-53)55-18-15-19-59-60(55)65-62(56-37-54(63(9,10)11)29-42(8)61(56)67)66(59)58-25-24-46(28-41(58)7)51-31-48(39(3)4)30-49(32-51)40(5)6;1-37-22-27-52(49(30-37)42-18-13-10-14-19-42)61-53-21-15-20-48(54(53)60-56(61)50-36-46(57(3,4)5)31-38(2)55(50)62)44-32-45(34-47(33-44)58(6,7)8)51-35-43(28-29-59-51)41-25-23-40(24-26-41)39-16-11-9-12-17-39;;/h12-34,36-40,67H,1-11H3;9-31,33-36,62H,1-8H3;;/q2*-1;;/i7D3,38D,39D,40D;;;. The van der Waals surface area contributed by atoms with Gasteiger partial charge in [-0.25, -0.2) is 9.97 Å². The molecule has 0 radical (unpaired) electrons. The van der Waals surface area contributed by atoms with E-state index in [-0.39, 0.29) is 75.4 Å². The van der Waals surface area contributed by atoms with Crippen LogP contribution in [0.1, 0.15) is 185 Å². The van der Waals surface area contributed by atoms with Crippen LogP contribution in [0.4, 0.5) is 0 Å². The van der Waals surface area contributed by atoms with Crippen LogP contribution in [0, 0.1) is 39.8 Å². The maximum Gasteiger partial charge on any atom is 0.148 e. The summed E-state index contributed by atoms with van der Waals surface area (Å²) in [6.45, 7) is 34.1. The predicted molar refractivity (Wildman–Crippen MR) is 541 cm³/mol. The zero-order valence-electron chi connectivity index (χ0n) is 83.7. The Morgan fingerprint density at radius 3 is 1.17 bits per heavy atom. The van der Waals surface area contributed by atoms with Crippen molar-refractivity contribution in [2.75, 3.05) is 0 Å². The van der Waals surface area contributed by atoms with E-state index >= 15 is 0 Å². The van der Waals surface area contributed by atoms with E-state index in [0.717, 1.165) is 145 Å². The van der Waals surface area contributed by atoms with Gasteiger partial charge in [0.1, 0.15) is 23.1 Å². The maximum absolute atomic E-state index is 12.1. The Labute approximate surface area is 811 Å². The van der Waals surface area contributed by atoms with Gasteiger partial charge in [0.25, 0.3) is 0 Å². The van der Waals surface area contributed by atoms with Crippen LogP contribution < -0.4 is 0 Å². The van der Waals surface area contributed by atoms with Gasteiger partial charge in [0.05, 0.1) is 44.6 Å². The second kappa shape index (κ2) is 38.0. The molecule has 0 atom stereocenters. The van der Waals surface area contributed by atoms with E-state index in [1.807, 2.05) is 187 Å². The number of para-hydroxylation sites is 2. The summed E-state index contributed by atoms with van der Waals surface area (Å²) in [5.74, 6) is -1.34. The van der Waals surface area contributed by atoms with Crippen LogP contribution in [0.25, 0.3) is 168 Å². The Morgan fingerprint density at radius 2 is 0.695 bits per heavy atom. The molecule has 0 spiro atoms. The minimum Gasteiger partial charge on any atom is -0.507 e. The summed E-state index contributed by atoms with van der Waals surface area (Å²) < 4.78 is 57.8. The number of aryl methyl sites for hydroxylation is 4. The van der Waals surface area contributed by atoms with Crippen molar-refractivity contribution in [2.45, 2.75) is 165 Å². The molecule has 8 nitrogen and oxygen atoms in total. The van der Waals surface area contributed by atoms with Crippen LogP contribution in [0.3, 0.4) is 0 Å². The zero-order chi connectivity index (χ0) is 95.9. The first kappa shape index (κ1) is 85.1. The number of nitrogens with zero attached hydrogens (tertiary/aromatic N) is 6. The van der Waals surface area contributed by atoms with E-state index in [9.17, 15) is 10.2 Å². The molecule has 4 aromatic heterocycles. The minimum atomic E-state index is -2.61. The molecule has 662 valence electrons. The Hall–Kier alpha value is -12.7. The summed E-state index contributed by atoms with van der Waals surface area (Å²) in [6, 6.07) is 111. The number of hydrogen-bond acceptors (Lipinski definition) is 6. The number of pyridine rings is 2. The summed E-state index contributed by atoms with van der Waals surface area (Å²) >= 11 is 0. The molecule has 2 N–H and O–H groups in total. The smallest absolute Gasteiger partial charge is 0.148 e. The first-order valence-electron chi connectivity index (χ1n) is 47.5. The van der Waals surface area contributed by atoms with E-state index < -0.39 is 24.5 Å². The number of aromatic nitrogens is 6. The van der Waals surface area contributed by atoms with Gasteiger partial charge >= 0.3 is 0 Å². The average Bonchev–Trinajstić information content (AvgIpc) is 1.59. The van der Waals surface area contributed by atoms with Crippen molar-refractivity contribution in [3.8, 4) is 157 Å². The fourth-order valence-corrected chi connectivity index (χ4v) is 17.2. The number of benzene rings is 14. The molecular weight excluding hydrogens is 1960 g/mol. The van der Waals surface area contributed by atoms with Gasteiger partial charge in [-0.05, 0) is 222 Å². The Balaban J connectivity index is 0.000000208. The summed E-state index contributed by atoms with van der Waals surface area (Å²) in [5.41, 5.74) is 32.0. The van der Waals surface area contributed by atoms with Crippen molar-refractivity contribution in [1.29, 1.82) is 0 Å². The molecule has 0 aliphatic rings. The van der Waals surface area contributed by atoms with Crippen LogP contribution in [0.15, 0.2) is 316 Å². The second-order valence-corrected chi connectivity index (χ2v) is 38.1. The van der Waals surface area contributed by atoms with Gasteiger partial charge in [-0.1, -0.05) is 356 Å². The number of imidazole rings is 2. The first-order valence-corrected chi connectivity index (χ1v) is 44.5. The van der Waals surface area contributed by atoms with Crippen molar-refractivity contribution >= 4 is 22.1 Å². The van der Waals surface area contributed by atoms with Crippen molar-refractivity contribution in [3.05, 3.63) is 383 Å². The summed E-state index contributed by atoms with van der Waals surface area (Å²) in [5, 5.41) is 24.0. The molecule has 131 heavy (non-hydrogen) atoms. The molecule has 0 aliphatic carbocycles. The minimum absolute atomic E-state index is 0. The van der Waals surface area contributed by atoms with E-state index in [0.29, 0.717) is 56.2 Å². The van der Waals surface area contributed by atoms with Crippen molar-refractivity contribution in [3.63, 3.8) is 0 Å². The molecule has 0 unspecified atom stereocenters. The van der Waals surface area contributed by atoms with Crippen LogP contribution >= 0.6 is 0 Å². The third kappa shape index (κ3) is 19.4. The molecule has 18 rings (SSSR count). The third-order valence-electron chi connectivity index (χ3n) is 24.8. The van der Waals surface area contributed by atoms with Gasteiger partial charge in [-0.2, -0.15) is 0 Å². The Morgan fingerprint density at radius 1 is 0.313 bits per heavy atom. The SMILES string of the molecule is Cc1ccc(-n2c(-c3cc(C(C)(C)C)cc(C)c3O)nc3c(-c4[c-]c(-c5cc(-c6ccc(-c7ccccc7)cc6)ccn5)cc(C(C)(C)C)c4)cccc32)c(-c2ccccc2)c1.[2H]C([2H])([2H])c1cc(-c2cc(C([2H])(C)C)cc(C([2H])(C)C)c2)ccc1-n1c(-c2cc(C(C)(C)C)cc(C)c2O)nc2c(-c3[c-]c(-c4cc(-c5ccc(C([2H])(C)C)cc5)ccn4)cc(-c4ccccc4)c3)cccc21.[Pt].[Pt]. The third-order valence-corrected chi connectivity index (χ3v) is 24.8. The average molecular weight is 2080 g/mol. The number of phenolic OH excluding ortho intramolecular Hbond substituents is 2. The summed E-state index contributed by atoms with van der Waals surface area (Å²) in [6.07, 6.45) is 3.70. The van der Waals surface area contributed by atoms with Gasteiger partial charge in [0.2, 0.25) is 0 Å². The van der Waals surface area contributed by atoms with Gasteiger partial charge in [0, 0.05) is 79.7 Å². The molecule has 0 amide bonds. The van der Waals surface area contributed by atoms with Crippen LogP contribution in [0.2, 0.25) is 0 Å². The van der Waals surface area contributed by atoms with Crippen molar-refractivity contribution in [2.24, 2.45) is 0 Å². The van der Waals surface area contributed by atoms with Crippen LogP contribution in [-0.4, -0.2) is 39.3 Å². The number of fused-ring (bicyclic) bond motifs is 2. The van der Waals surface area contributed by atoms with Gasteiger partial charge in [0.15, 0.2) is 0 Å². The normalized spacial score (nSPS) is 12.8. The molecular formula is C121H114N6O2Pt2-2. The number of rotatable bonds is 17. The monoisotopic (exact) mass is 2080 g/mol. The van der Waals surface area contributed by atoms with Crippen LogP contribution in [-0.2, 0) is 58.4 Å². The topological polar surface area (TPSA) is 102 Å². The molecule has 0 aliphatic heterocycles. The number of hydrogen-bond donors (Lipinski definition) is 2. The van der Waals surface area contributed by atoms with Crippen molar-refractivity contribution in [1.82, 2.24) is 29.1 Å². The zero-order valence-corrected chi connectivity index (χ0v) is 82.3. The van der Waals surface area contributed by atoms with Gasteiger partial charge in [-0.15, -0.1) is 53.1 Å². The second-order valence-electron chi connectivity index (χ2n) is 38.1. The number of phenols is 2. The van der Waals surface area contributed by atoms with Crippen LogP contribution in [0.5, 0.6) is 11.5 Å². The van der Waals surface area contributed by atoms with E-state index in [1.54, 1.807) is 12.3 Å². The van der Waals surface area contributed by atoms with Crippen molar-refractivity contribution < 1.29 is 60.6 Å². The molecule has 0 saturated heterocycles. The molecule has 0 bridgehead atoms. The first-order chi connectivity index (χ1) is 63.9.